The fraction of sp³-hybridized carbons (Fsp3) is 0.692. The Morgan fingerprint density at radius 1 is 1.33 bits per heavy atom. The van der Waals surface area contributed by atoms with Gasteiger partial charge in [-0.15, -0.1) is 5.10 Å². The Labute approximate surface area is 122 Å². The first-order valence-electron chi connectivity index (χ1n) is 7.01. The SMILES string of the molecule is CCC(C)(C)C(=O)C(=O)N1CCCC1C(=O)n1cnnn1. The van der Waals surface area contributed by atoms with Crippen LogP contribution < -0.4 is 0 Å². The van der Waals surface area contributed by atoms with E-state index in [-0.39, 0.29) is 5.91 Å². The third-order valence-electron chi connectivity index (χ3n) is 4.07. The van der Waals surface area contributed by atoms with Gasteiger partial charge in [0.15, 0.2) is 0 Å². The van der Waals surface area contributed by atoms with Crippen LogP contribution in [-0.4, -0.2) is 55.3 Å². The summed E-state index contributed by atoms with van der Waals surface area (Å²) in [6, 6.07) is -0.669. The lowest BCUT2D eigenvalue weighted by Crippen LogP contribution is -2.48. The number of tetrazole rings is 1. The average molecular weight is 293 g/mol. The molecule has 0 bridgehead atoms. The Morgan fingerprint density at radius 3 is 2.62 bits per heavy atom. The van der Waals surface area contributed by atoms with Crippen LogP contribution in [0.4, 0.5) is 0 Å². The minimum atomic E-state index is -0.720. The molecule has 1 aromatic heterocycles. The second kappa shape index (κ2) is 5.71. The first-order chi connectivity index (χ1) is 9.88. The number of carbonyl (C=O) groups excluding carboxylic acids is 3. The summed E-state index contributed by atoms with van der Waals surface area (Å²) in [7, 11) is 0. The standard InChI is InChI=1S/C13H19N5O3/c1-4-13(2,3)10(19)12(21)17-7-5-6-9(17)11(20)18-8-14-15-16-18/h8-9H,4-7H2,1-3H3. The molecule has 114 valence electrons. The molecule has 2 rings (SSSR count). The number of amides is 1. The number of nitrogens with zero attached hydrogens (tertiary/aromatic N) is 5. The molecule has 0 aliphatic carbocycles. The second-order valence-electron chi connectivity index (χ2n) is 5.82. The number of hydrogen-bond donors (Lipinski definition) is 0. The van der Waals surface area contributed by atoms with E-state index >= 15 is 0 Å². The van der Waals surface area contributed by atoms with E-state index in [1.54, 1.807) is 13.8 Å². The number of carbonyl (C=O) groups is 3. The van der Waals surface area contributed by atoms with Gasteiger partial charge in [0, 0.05) is 12.0 Å². The molecule has 1 aliphatic heterocycles. The first kappa shape index (κ1) is 15.3. The van der Waals surface area contributed by atoms with E-state index in [9.17, 15) is 14.4 Å². The monoisotopic (exact) mass is 293 g/mol. The topological polar surface area (TPSA) is 98.1 Å². The van der Waals surface area contributed by atoms with Gasteiger partial charge in [-0.05, 0) is 29.7 Å². The van der Waals surface area contributed by atoms with Gasteiger partial charge < -0.3 is 4.90 Å². The zero-order valence-corrected chi connectivity index (χ0v) is 12.4. The van der Waals surface area contributed by atoms with E-state index in [1.165, 1.54) is 11.2 Å². The highest BCUT2D eigenvalue weighted by molar-refractivity contribution is 6.38. The highest BCUT2D eigenvalue weighted by Gasteiger charge is 2.41. The van der Waals surface area contributed by atoms with Gasteiger partial charge in [-0.2, -0.15) is 4.68 Å². The maximum atomic E-state index is 12.4. The summed E-state index contributed by atoms with van der Waals surface area (Å²) in [5.74, 6) is -1.43. The molecule has 1 fully saturated rings. The lowest BCUT2D eigenvalue weighted by molar-refractivity contribution is -0.149. The van der Waals surface area contributed by atoms with Crippen molar-refractivity contribution in [2.24, 2.45) is 5.41 Å². The van der Waals surface area contributed by atoms with Crippen LogP contribution in [0.15, 0.2) is 6.33 Å². The van der Waals surface area contributed by atoms with Gasteiger partial charge in [-0.3, -0.25) is 14.4 Å². The lowest BCUT2D eigenvalue weighted by Gasteiger charge is -2.27. The van der Waals surface area contributed by atoms with Crippen LogP contribution in [0.3, 0.4) is 0 Å². The van der Waals surface area contributed by atoms with Gasteiger partial charge in [0.05, 0.1) is 0 Å². The number of aromatic nitrogens is 4. The van der Waals surface area contributed by atoms with Gasteiger partial charge in [-0.1, -0.05) is 20.8 Å². The molecule has 8 nitrogen and oxygen atoms in total. The van der Waals surface area contributed by atoms with Gasteiger partial charge in [0.25, 0.3) is 11.8 Å². The smallest absolute Gasteiger partial charge is 0.291 e. The molecule has 1 aliphatic rings. The third kappa shape index (κ3) is 2.84. The molecule has 2 heterocycles. The van der Waals surface area contributed by atoms with Gasteiger partial charge in [0.2, 0.25) is 5.78 Å². The van der Waals surface area contributed by atoms with Crippen molar-refractivity contribution in [2.45, 2.75) is 46.1 Å². The molecule has 1 amide bonds. The summed E-state index contributed by atoms with van der Waals surface area (Å²) in [5, 5.41) is 10.4. The molecular weight excluding hydrogens is 274 g/mol. The molecule has 1 atom stereocenters. The summed E-state index contributed by atoms with van der Waals surface area (Å²) in [4.78, 5) is 38.3. The van der Waals surface area contributed by atoms with Crippen LogP contribution in [0.2, 0.25) is 0 Å². The van der Waals surface area contributed by atoms with Crippen LogP contribution in [0.1, 0.15) is 44.8 Å². The number of Topliss-reactive ketones (excluding diaryl/α,β-unsaturated/α-hetero) is 1. The molecule has 0 saturated carbocycles. The quantitative estimate of drug-likeness (QED) is 0.585. The molecule has 0 spiro atoms. The fourth-order valence-corrected chi connectivity index (χ4v) is 2.26. The van der Waals surface area contributed by atoms with E-state index < -0.39 is 23.1 Å². The second-order valence-corrected chi connectivity index (χ2v) is 5.82. The van der Waals surface area contributed by atoms with Crippen molar-refractivity contribution in [3.63, 3.8) is 0 Å². The number of ketones is 1. The molecule has 8 heteroatoms. The fourth-order valence-electron chi connectivity index (χ4n) is 2.26. The van der Waals surface area contributed by atoms with Crippen LogP contribution in [-0.2, 0) is 9.59 Å². The van der Waals surface area contributed by atoms with Crippen molar-refractivity contribution in [1.82, 2.24) is 25.1 Å². The summed E-state index contributed by atoms with van der Waals surface area (Å²) in [6.07, 6.45) is 2.96. The zero-order chi connectivity index (χ0) is 15.6. The van der Waals surface area contributed by atoms with Crippen molar-refractivity contribution in [1.29, 1.82) is 0 Å². The van der Waals surface area contributed by atoms with Gasteiger partial charge >= 0.3 is 0 Å². The number of hydrogen-bond acceptors (Lipinski definition) is 6. The molecule has 1 unspecified atom stereocenters. The maximum Gasteiger partial charge on any atom is 0.291 e. The highest BCUT2D eigenvalue weighted by Crippen LogP contribution is 2.25. The average Bonchev–Trinajstić information content (AvgIpc) is 3.15. The normalized spacial score (nSPS) is 18.8. The predicted octanol–water partition coefficient (Wildman–Crippen LogP) is 0.310. The Bertz CT molecular complexity index is 552. The minimum absolute atomic E-state index is 0.382. The van der Waals surface area contributed by atoms with Crippen LogP contribution >= 0.6 is 0 Å². The Morgan fingerprint density at radius 2 is 2.05 bits per heavy atom. The molecule has 21 heavy (non-hydrogen) atoms. The Hall–Kier alpha value is -2.12. The molecule has 0 aromatic carbocycles. The van der Waals surface area contributed by atoms with Crippen molar-refractivity contribution in [3.8, 4) is 0 Å². The van der Waals surface area contributed by atoms with Gasteiger partial charge in [-0.25, -0.2) is 0 Å². The molecule has 1 aromatic rings. The van der Waals surface area contributed by atoms with Crippen LogP contribution in [0, 0.1) is 5.41 Å². The predicted molar refractivity (Wildman–Crippen MR) is 72.3 cm³/mol. The van der Waals surface area contributed by atoms with Crippen molar-refractivity contribution < 1.29 is 14.4 Å². The van der Waals surface area contributed by atoms with Crippen molar-refractivity contribution >= 4 is 17.6 Å². The largest absolute Gasteiger partial charge is 0.324 e. The van der Waals surface area contributed by atoms with E-state index in [0.717, 1.165) is 4.68 Å². The van der Waals surface area contributed by atoms with E-state index in [0.29, 0.717) is 25.8 Å². The van der Waals surface area contributed by atoms with Gasteiger partial charge in [0.1, 0.15) is 12.4 Å². The summed E-state index contributed by atoms with van der Waals surface area (Å²) < 4.78 is 1.01. The van der Waals surface area contributed by atoms with E-state index in [2.05, 4.69) is 15.5 Å². The van der Waals surface area contributed by atoms with Crippen molar-refractivity contribution in [2.75, 3.05) is 6.54 Å². The Kier molecular flexibility index (Phi) is 4.15. The summed E-state index contributed by atoms with van der Waals surface area (Å²) in [6.45, 7) is 5.74. The lowest BCUT2D eigenvalue weighted by atomic mass is 9.84. The Balaban J connectivity index is 2.17. The number of rotatable bonds is 4. The van der Waals surface area contributed by atoms with Crippen LogP contribution in [0.5, 0.6) is 0 Å². The highest BCUT2D eigenvalue weighted by atomic mass is 16.2. The molecule has 0 N–H and O–H groups in total. The molecule has 1 saturated heterocycles. The summed E-state index contributed by atoms with van der Waals surface area (Å²) in [5.41, 5.74) is -0.720. The first-order valence-corrected chi connectivity index (χ1v) is 7.01. The van der Waals surface area contributed by atoms with E-state index in [1.807, 2.05) is 6.92 Å². The minimum Gasteiger partial charge on any atom is -0.324 e. The van der Waals surface area contributed by atoms with Crippen LogP contribution in [0.25, 0.3) is 0 Å². The van der Waals surface area contributed by atoms with Crippen molar-refractivity contribution in [3.05, 3.63) is 6.33 Å². The van der Waals surface area contributed by atoms with E-state index in [4.69, 9.17) is 0 Å². The molecule has 0 radical (unpaired) electrons. The summed E-state index contributed by atoms with van der Waals surface area (Å²) >= 11 is 0. The zero-order valence-electron chi connectivity index (χ0n) is 12.4. The third-order valence-corrected chi connectivity index (χ3v) is 4.07. The number of likely N-dealkylation sites (tertiary alicyclic amines) is 1. The molecular formula is C13H19N5O3. The maximum absolute atomic E-state index is 12.4.